The molecule has 6 nitrogen and oxygen atoms in total. The summed E-state index contributed by atoms with van der Waals surface area (Å²) in [6, 6.07) is 2.16. The maximum Gasteiger partial charge on any atom is 0.216 e. The zero-order valence-corrected chi connectivity index (χ0v) is 15.6. The monoisotopic (exact) mass is 347 g/mol. The second kappa shape index (κ2) is 7.03. The fraction of sp³-hybridized carbons (Fsp3) is 0.588. The lowest BCUT2D eigenvalue weighted by molar-refractivity contribution is 0.102. The fourth-order valence-corrected chi connectivity index (χ4v) is 3.32. The number of aromatic amines is 1. The van der Waals surface area contributed by atoms with Crippen LogP contribution in [0.4, 0.5) is 0 Å². The summed E-state index contributed by atoms with van der Waals surface area (Å²) in [7, 11) is 0. The average Bonchev–Trinajstić information content (AvgIpc) is 3.22. The molecule has 1 saturated heterocycles. The summed E-state index contributed by atoms with van der Waals surface area (Å²) in [6.07, 6.45) is 3.84. The second-order valence-corrected chi connectivity index (χ2v) is 7.16. The van der Waals surface area contributed by atoms with Gasteiger partial charge in [0.1, 0.15) is 6.10 Å². The SMILES string of the molecule is Cc1cc(/C=N\n2c([C@H]3CCCO3)n[nH]c2=S)c(C)n1CC(C)C. The van der Waals surface area contributed by atoms with Crippen molar-refractivity contribution in [3.63, 3.8) is 0 Å². The molecule has 3 rings (SSSR count). The summed E-state index contributed by atoms with van der Waals surface area (Å²) in [5, 5.41) is 11.7. The van der Waals surface area contributed by atoms with Gasteiger partial charge in [-0.05, 0) is 50.9 Å². The molecule has 1 aliphatic rings. The van der Waals surface area contributed by atoms with E-state index in [2.05, 4.69) is 53.6 Å². The normalized spacial score (nSPS) is 18.3. The number of ether oxygens (including phenoxy) is 1. The van der Waals surface area contributed by atoms with E-state index in [4.69, 9.17) is 17.0 Å². The van der Waals surface area contributed by atoms with E-state index in [1.165, 1.54) is 11.4 Å². The summed E-state index contributed by atoms with van der Waals surface area (Å²) < 4.78 is 10.2. The van der Waals surface area contributed by atoms with Crippen molar-refractivity contribution in [2.45, 2.75) is 53.2 Å². The summed E-state index contributed by atoms with van der Waals surface area (Å²) in [6.45, 7) is 10.5. The zero-order valence-electron chi connectivity index (χ0n) is 14.7. The van der Waals surface area contributed by atoms with Gasteiger partial charge in [-0.1, -0.05) is 13.8 Å². The van der Waals surface area contributed by atoms with Gasteiger partial charge in [0, 0.05) is 30.1 Å². The molecule has 2 aromatic heterocycles. The van der Waals surface area contributed by atoms with Crippen LogP contribution in [0.2, 0.25) is 0 Å². The molecule has 1 N–H and O–H groups in total. The molecule has 24 heavy (non-hydrogen) atoms. The number of rotatable bonds is 5. The van der Waals surface area contributed by atoms with Crippen LogP contribution in [0.1, 0.15) is 55.6 Å². The van der Waals surface area contributed by atoms with Gasteiger partial charge in [0.05, 0.1) is 6.21 Å². The fourth-order valence-electron chi connectivity index (χ4n) is 3.13. The van der Waals surface area contributed by atoms with Crippen molar-refractivity contribution in [2.75, 3.05) is 6.61 Å². The van der Waals surface area contributed by atoms with Gasteiger partial charge in [-0.15, -0.1) is 0 Å². The highest BCUT2D eigenvalue weighted by molar-refractivity contribution is 7.71. The van der Waals surface area contributed by atoms with Crippen LogP contribution >= 0.6 is 12.2 Å². The van der Waals surface area contributed by atoms with Crippen molar-refractivity contribution < 1.29 is 4.74 Å². The van der Waals surface area contributed by atoms with Gasteiger partial charge < -0.3 is 9.30 Å². The molecule has 2 aromatic rings. The maximum absolute atomic E-state index is 5.71. The first-order valence-corrected chi connectivity index (χ1v) is 8.88. The zero-order chi connectivity index (χ0) is 17.3. The highest BCUT2D eigenvalue weighted by atomic mass is 32.1. The minimum absolute atomic E-state index is 0.0246. The summed E-state index contributed by atoms with van der Waals surface area (Å²) >= 11 is 5.31. The van der Waals surface area contributed by atoms with Crippen LogP contribution in [0, 0.1) is 24.5 Å². The Morgan fingerprint density at radius 3 is 2.96 bits per heavy atom. The summed E-state index contributed by atoms with van der Waals surface area (Å²) in [5.41, 5.74) is 3.57. The molecule has 0 spiro atoms. The molecular weight excluding hydrogens is 322 g/mol. The van der Waals surface area contributed by atoms with Gasteiger partial charge >= 0.3 is 0 Å². The van der Waals surface area contributed by atoms with Crippen molar-refractivity contribution in [2.24, 2.45) is 11.0 Å². The highest BCUT2D eigenvalue weighted by Gasteiger charge is 2.23. The molecule has 0 saturated carbocycles. The number of nitrogens with zero attached hydrogens (tertiary/aromatic N) is 4. The van der Waals surface area contributed by atoms with Crippen LogP contribution in [0.3, 0.4) is 0 Å². The highest BCUT2D eigenvalue weighted by Crippen LogP contribution is 2.27. The lowest BCUT2D eigenvalue weighted by Crippen LogP contribution is -2.08. The first-order chi connectivity index (χ1) is 11.5. The Hall–Kier alpha value is -1.73. The van der Waals surface area contributed by atoms with Gasteiger partial charge in [0.25, 0.3) is 0 Å². The average molecular weight is 347 g/mol. The molecule has 0 bridgehead atoms. The van der Waals surface area contributed by atoms with Gasteiger partial charge in [-0.25, -0.2) is 0 Å². The maximum atomic E-state index is 5.71. The predicted molar refractivity (Wildman–Crippen MR) is 97.1 cm³/mol. The smallest absolute Gasteiger partial charge is 0.216 e. The Labute approximate surface area is 147 Å². The third kappa shape index (κ3) is 3.37. The van der Waals surface area contributed by atoms with E-state index in [9.17, 15) is 0 Å². The van der Waals surface area contributed by atoms with E-state index in [0.29, 0.717) is 10.7 Å². The minimum Gasteiger partial charge on any atom is -0.370 e. The van der Waals surface area contributed by atoms with Crippen molar-refractivity contribution in [1.29, 1.82) is 0 Å². The number of hydrogen-bond donors (Lipinski definition) is 1. The summed E-state index contributed by atoms with van der Waals surface area (Å²) in [4.78, 5) is 0. The van der Waals surface area contributed by atoms with Crippen LogP contribution in [0.25, 0.3) is 0 Å². The largest absolute Gasteiger partial charge is 0.370 e. The van der Waals surface area contributed by atoms with Gasteiger partial charge in [0.15, 0.2) is 5.82 Å². The molecule has 0 radical (unpaired) electrons. The van der Waals surface area contributed by atoms with Gasteiger partial charge in [0.2, 0.25) is 4.77 Å². The standard InChI is InChI=1S/C17H25N5OS/c1-11(2)10-21-12(3)8-14(13(21)4)9-18-22-16(19-20-17(22)24)15-6-5-7-23-15/h8-9,11,15H,5-7,10H2,1-4H3,(H,20,24)/b18-9-/t15-/m1/s1. The summed E-state index contributed by atoms with van der Waals surface area (Å²) in [5.74, 6) is 1.36. The lowest BCUT2D eigenvalue weighted by Gasteiger charge is -2.11. The second-order valence-electron chi connectivity index (χ2n) is 6.78. The van der Waals surface area contributed by atoms with Crippen LogP contribution in [-0.4, -0.2) is 32.3 Å². The lowest BCUT2D eigenvalue weighted by atomic mass is 10.2. The van der Waals surface area contributed by atoms with Crippen LogP contribution < -0.4 is 0 Å². The van der Waals surface area contributed by atoms with E-state index in [0.717, 1.165) is 37.4 Å². The Morgan fingerprint density at radius 1 is 1.50 bits per heavy atom. The predicted octanol–water partition coefficient (Wildman–Crippen LogP) is 3.75. The molecule has 130 valence electrons. The molecule has 1 aliphatic heterocycles. The Bertz CT molecular complexity index is 792. The topological polar surface area (TPSA) is 60.1 Å². The minimum atomic E-state index is -0.0246. The van der Waals surface area contributed by atoms with Crippen LogP contribution in [0.15, 0.2) is 11.2 Å². The first-order valence-electron chi connectivity index (χ1n) is 8.47. The molecule has 0 amide bonds. The Morgan fingerprint density at radius 2 is 2.29 bits per heavy atom. The number of H-pyrrole nitrogens is 1. The molecule has 1 atom stereocenters. The Balaban J connectivity index is 1.89. The Kier molecular flexibility index (Phi) is 5.01. The quantitative estimate of drug-likeness (QED) is 0.662. The number of aromatic nitrogens is 4. The molecular formula is C17H25N5OS. The van der Waals surface area contributed by atoms with E-state index in [-0.39, 0.29) is 6.10 Å². The molecule has 3 heterocycles. The number of nitrogens with one attached hydrogen (secondary N) is 1. The van der Waals surface area contributed by atoms with E-state index < -0.39 is 0 Å². The van der Waals surface area contributed by atoms with E-state index in [1.807, 2.05) is 6.21 Å². The van der Waals surface area contributed by atoms with Crippen molar-refractivity contribution in [3.8, 4) is 0 Å². The van der Waals surface area contributed by atoms with Gasteiger partial charge in [-0.2, -0.15) is 14.9 Å². The number of aryl methyl sites for hydroxylation is 1. The molecule has 7 heteroatoms. The molecule has 1 fully saturated rings. The third-order valence-corrected chi connectivity index (χ3v) is 4.63. The van der Waals surface area contributed by atoms with Crippen LogP contribution in [-0.2, 0) is 11.3 Å². The molecule has 0 unspecified atom stereocenters. The first kappa shape index (κ1) is 17.1. The van der Waals surface area contributed by atoms with E-state index in [1.54, 1.807) is 4.68 Å². The van der Waals surface area contributed by atoms with Crippen LogP contribution in [0.5, 0.6) is 0 Å². The van der Waals surface area contributed by atoms with E-state index >= 15 is 0 Å². The third-order valence-electron chi connectivity index (χ3n) is 4.37. The van der Waals surface area contributed by atoms with Crippen molar-refractivity contribution in [3.05, 3.63) is 33.6 Å². The van der Waals surface area contributed by atoms with Gasteiger partial charge in [-0.3, -0.25) is 5.10 Å². The molecule has 0 aliphatic carbocycles. The molecule has 0 aromatic carbocycles. The van der Waals surface area contributed by atoms with Crippen molar-refractivity contribution >= 4 is 18.4 Å². The van der Waals surface area contributed by atoms with Crippen molar-refractivity contribution in [1.82, 2.24) is 19.4 Å². The number of hydrogen-bond acceptors (Lipinski definition) is 4.